The van der Waals surface area contributed by atoms with Crippen LogP contribution in [0, 0.1) is 0 Å². The highest BCUT2D eigenvalue weighted by Gasteiger charge is 2.45. The van der Waals surface area contributed by atoms with Crippen molar-refractivity contribution >= 4 is 11.9 Å². The Kier molecular flexibility index (Phi) is 13.7. The van der Waals surface area contributed by atoms with Crippen LogP contribution >= 0.6 is 0 Å². The van der Waals surface area contributed by atoms with E-state index in [0.29, 0.717) is 32.5 Å². The van der Waals surface area contributed by atoms with Crippen LogP contribution in [-0.2, 0) is 18.9 Å². The average Bonchev–Trinajstić information content (AvgIpc) is 3.41. The Morgan fingerprint density at radius 3 is 2.08 bits per heavy atom. The van der Waals surface area contributed by atoms with Crippen LogP contribution in [0.3, 0.4) is 0 Å². The summed E-state index contributed by atoms with van der Waals surface area (Å²) in [7, 11) is 2.40. The molecule has 1 N–H and O–H groups in total. The Balaban J connectivity index is 2.29. The van der Waals surface area contributed by atoms with Crippen molar-refractivity contribution in [2.24, 2.45) is 0 Å². The van der Waals surface area contributed by atoms with E-state index in [1.54, 1.807) is 0 Å². The highest BCUT2D eigenvalue weighted by molar-refractivity contribution is 6.04. The molecule has 0 bridgehead atoms. The van der Waals surface area contributed by atoms with E-state index in [1.807, 2.05) is 32.1 Å². The minimum Gasteiger partial charge on any atom is -0.504 e. The van der Waals surface area contributed by atoms with E-state index >= 15 is 0 Å². The Morgan fingerprint density at radius 1 is 0.895 bits per heavy atom. The quantitative estimate of drug-likeness (QED) is 0.151. The molecule has 1 fully saturated rings. The number of unbranched alkanes of at least 4 members (excludes halogenated alkanes) is 4. The fourth-order valence-corrected chi connectivity index (χ4v) is 4.31. The number of rotatable bonds is 16. The van der Waals surface area contributed by atoms with Crippen LogP contribution in [0.4, 0.5) is 0 Å². The van der Waals surface area contributed by atoms with E-state index in [0.717, 1.165) is 31.7 Å². The molecule has 1 aromatic carbocycles. The summed E-state index contributed by atoms with van der Waals surface area (Å²) in [5.41, 5.74) is -0.193. The van der Waals surface area contributed by atoms with Crippen LogP contribution in [0.25, 0.3) is 0 Å². The van der Waals surface area contributed by atoms with E-state index < -0.39 is 23.8 Å². The maximum absolute atomic E-state index is 12.4. The van der Waals surface area contributed by atoms with Crippen LogP contribution in [0.1, 0.15) is 85.9 Å². The Labute approximate surface area is 226 Å². The van der Waals surface area contributed by atoms with Crippen molar-refractivity contribution in [3.05, 3.63) is 59.7 Å². The molecule has 0 aliphatic carbocycles. The summed E-state index contributed by atoms with van der Waals surface area (Å²) in [6, 6.07) is 2.44. The molecule has 38 heavy (non-hydrogen) atoms. The summed E-state index contributed by atoms with van der Waals surface area (Å²) < 4.78 is 28.1. The zero-order valence-corrected chi connectivity index (χ0v) is 23.1. The molecule has 0 radical (unpaired) electrons. The van der Waals surface area contributed by atoms with E-state index in [9.17, 15) is 14.7 Å². The van der Waals surface area contributed by atoms with Gasteiger partial charge in [-0.1, -0.05) is 42.9 Å². The summed E-state index contributed by atoms with van der Waals surface area (Å²) in [5, 5.41) is 10.7. The topological polar surface area (TPSA) is 101 Å². The van der Waals surface area contributed by atoms with Gasteiger partial charge in [-0.05, 0) is 58.1 Å². The molecule has 0 saturated carbocycles. The molecule has 8 heteroatoms. The lowest BCUT2D eigenvalue weighted by Gasteiger charge is -2.35. The highest BCUT2D eigenvalue weighted by atomic mass is 16.8. The maximum Gasteiger partial charge on any atom is 0.338 e. The number of phenolic OH excluding ortho intramolecular Hbond substituents is 1. The number of hydrogen-bond donors (Lipinski definition) is 1. The van der Waals surface area contributed by atoms with Gasteiger partial charge in [0, 0.05) is 12.8 Å². The lowest BCUT2D eigenvalue weighted by atomic mass is 9.99. The second-order valence-electron chi connectivity index (χ2n) is 8.99. The van der Waals surface area contributed by atoms with Crippen molar-refractivity contribution in [1.29, 1.82) is 0 Å². The standard InChI is InChI=1S/C30H42O8/c1-5-7-9-10-11-12-13-14-15-17-27(30(18-16-8-6-2)36-19-20-37-30)38-26-22-24(29(33)35-4)23(21-25(26)31)28(32)34-3/h5-8,14-15,21-22,27,31H,9-13,16-20H2,1-4H3/b7-5+,8-6+,15-14+. The van der Waals surface area contributed by atoms with Gasteiger partial charge in [0.15, 0.2) is 17.6 Å². The number of aromatic hydroxyl groups is 1. The number of hydrogen-bond acceptors (Lipinski definition) is 8. The minimum atomic E-state index is -1.03. The van der Waals surface area contributed by atoms with E-state index in [-0.39, 0.29) is 22.6 Å². The van der Waals surface area contributed by atoms with Gasteiger partial charge in [0.05, 0.1) is 38.6 Å². The monoisotopic (exact) mass is 530 g/mol. The van der Waals surface area contributed by atoms with Gasteiger partial charge in [0.1, 0.15) is 0 Å². The van der Waals surface area contributed by atoms with Gasteiger partial charge >= 0.3 is 11.9 Å². The molecule has 0 amide bonds. The fraction of sp³-hybridized carbons (Fsp3) is 0.533. The summed E-state index contributed by atoms with van der Waals surface area (Å²) in [4.78, 5) is 24.6. The highest BCUT2D eigenvalue weighted by Crippen LogP contribution is 2.38. The molecule has 2 rings (SSSR count). The number of esters is 2. The van der Waals surface area contributed by atoms with Crippen molar-refractivity contribution in [3.63, 3.8) is 0 Å². The number of allylic oxidation sites excluding steroid dienone is 5. The molecule has 8 nitrogen and oxygen atoms in total. The van der Waals surface area contributed by atoms with Crippen LogP contribution < -0.4 is 4.74 Å². The normalized spacial score (nSPS) is 15.9. The molecule has 1 saturated heterocycles. The molecule has 1 aromatic rings. The van der Waals surface area contributed by atoms with Crippen LogP contribution in [0.15, 0.2) is 48.6 Å². The van der Waals surface area contributed by atoms with Gasteiger partial charge in [0.2, 0.25) is 5.79 Å². The first-order valence-electron chi connectivity index (χ1n) is 13.3. The summed E-state index contributed by atoms with van der Waals surface area (Å²) >= 11 is 0. The number of ether oxygens (including phenoxy) is 5. The zero-order valence-electron chi connectivity index (χ0n) is 23.1. The first-order valence-corrected chi connectivity index (χ1v) is 13.3. The van der Waals surface area contributed by atoms with Crippen LogP contribution in [-0.4, -0.2) is 56.4 Å². The second kappa shape index (κ2) is 16.7. The second-order valence-corrected chi connectivity index (χ2v) is 8.99. The zero-order chi connectivity index (χ0) is 27.8. The van der Waals surface area contributed by atoms with Gasteiger partial charge in [-0.25, -0.2) is 9.59 Å². The maximum atomic E-state index is 12.4. The van der Waals surface area contributed by atoms with Gasteiger partial charge in [0.25, 0.3) is 0 Å². The lowest BCUT2D eigenvalue weighted by molar-refractivity contribution is -0.215. The van der Waals surface area contributed by atoms with Crippen molar-refractivity contribution < 1.29 is 38.4 Å². The smallest absolute Gasteiger partial charge is 0.338 e. The van der Waals surface area contributed by atoms with E-state index in [1.165, 1.54) is 26.7 Å². The first kappa shape index (κ1) is 31.1. The number of carbonyl (C=O) groups excluding carboxylic acids is 2. The minimum absolute atomic E-state index is 0.0185. The number of benzene rings is 1. The molecule has 0 aromatic heterocycles. The summed E-state index contributed by atoms with van der Waals surface area (Å²) in [6.45, 7) is 4.83. The molecular weight excluding hydrogens is 488 g/mol. The third-order valence-electron chi connectivity index (χ3n) is 6.33. The van der Waals surface area contributed by atoms with Gasteiger partial charge < -0.3 is 28.8 Å². The van der Waals surface area contributed by atoms with E-state index in [2.05, 4.69) is 18.2 Å². The van der Waals surface area contributed by atoms with Crippen LogP contribution in [0.2, 0.25) is 0 Å². The Bertz CT molecular complexity index is 973. The molecule has 1 unspecified atom stereocenters. The number of methoxy groups -OCH3 is 2. The SMILES string of the molecule is C/C=C/CCCCC/C=C/CC(Oc1cc(C(=O)OC)c(C(=O)OC)cc1O)C1(CC/C=C/C)OCCO1. The number of phenols is 1. The third kappa shape index (κ3) is 9.03. The summed E-state index contributed by atoms with van der Waals surface area (Å²) in [6.07, 6.45) is 19.0. The predicted molar refractivity (Wildman–Crippen MR) is 146 cm³/mol. The van der Waals surface area contributed by atoms with Crippen molar-refractivity contribution in [3.8, 4) is 11.5 Å². The van der Waals surface area contributed by atoms with Gasteiger partial charge in [-0.3, -0.25) is 0 Å². The summed E-state index contributed by atoms with van der Waals surface area (Å²) in [5.74, 6) is -2.85. The Morgan fingerprint density at radius 2 is 1.47 bits per heavy atom. The Hall–Kier alpha value is -3.10. The van der Waals surface area contributed by atoms with Crippen molar-refractivity contribution in [1.82, 2.24) is 0 Å². The van der Waals surface area contributed by atoms with Crippen molar-refractivity contribution in [2.45, 2.75) is 77.1 Å². The van der Waals surface area contributed by atoms with Gasteiger partial charge in [-0.2, -0.15) is 0 Å². The molecule has 1 atom stereocenters. The molecule has 1 aliphatic rings. The molecule has 0 spiro atoms. The van der Waals surface area contributed by atoms with Crippen LogP contribution in [0.5, 0.6) is 11.5 Å². The average molecular weight is 531 g/mol. The molecular formula is C30H42O8. The molecule has 1 aliphatic heterocycles. The largest absolute Gasteiger partial charge is 0.504 e. The predicted octanol–water partition coefficient (Wildman–Crippen LogP) is 6.29. The molecule has 1 heterocycles. The first-order chi connectivity index (χ1) is 18.4. The number of carbonyl (C=O) groups is 2. The fourth-order valence-electron chi connectivity index (χ4n) is 4.31. The molecule has 210 valence electrons. The third-order valence-corrected chi connectivity index (χ3v) is 6.33. The van der Waals surface area contributed by atoms with Gasteiger partial charge in [-0.15, -0.1) is 0 Å². The van der Waals surface area contributed by atoms with Crippen molar-refractivity contribution in [2.75, 3.05) is 27.4 Å². The lowest BCUT2D eigenvalue weighted by Crippen LogP contribution is -2.46. The van der Waals surface area contributed by atoms with E-state index in [4.69, 9.17) is 23.7 Å².